The molecule has 2 N–H and O–H groups in total. The van der Waals surface area contributed by atoms with Gasteiger partial charge in [-0.15, -0.1) is 0 Å². The Morgan fingerprint density at radius 3 is 2.60 bits per heavy atom. The first-order valence-corrected chi connectivity index (χ1v) is 21.3. The summed E-state index contributed by atoms with van der Waals surface area (Å²) < 4.78 is 17.0. The van der Waals surface area contributed by atoms with Crippen LogP contribution in [0, 0.1) is 12.8 Å². The summed E-state index contributed by atoms with van der Waals surface area (Å²) in [6.07, 6.45) is 6.00. The number of piperidine rings is 2. The number of nitrogens with one attached hydrogen (secondary N) is 2. The molecule has 1 unspecified atom stereocenters. The molecule has 4 aromatic heterocycles. The number of benzene rings is 2. The minimum atomic E-state index is -0.795. The smallest absolute Gasteiger partial charge is 0.420 e. The van der Waals surface area contributed by atoms with Crippen LogP contribution < -0.4 is 21.1 Å². The number of nitrogens with zero attached hydrogens (tertiary/aromatic N) is 8. The van der Waals surface area contributed by atoms with Crippen LogP contribution in [0.5, 0.6) is 5.88 Å². The van der Waals surface area contributed by atoms with E-state index < -0.39 is 17.7 Å². The maximum Gasteiger partial charge on any atom is 0.420 e. The minimum absolute atomic E-state index is 0.0405. The molecular formula is C45H50N10O7. The third-order valence-corrected chi connectivity index (χ3v) is 12.5. The highest BCUT2D eigenvalue weighted by Crippen LogP contribution is 2.32. The van der Waals surface area contributed by atoms with Gasteiger partial charge >= 0.3 is 5.76 Å². The van der Waals surface area contributed by atoms with Crippen LogP contribution in [0.4, 0.5) is 5.95 Å². The maximum atomic E-state index is 14.1. The number of fused-ring (bicyclic) bond motifs is 8. The van der Waals surface area contributed by atoms with E-state index >= 15 is 0 Å². The summed E-state index contributed by atoms with van der Waals surface area (Å²) in [6, 6.07) is 13.8. The topological polar surface area (TPSA) is 192 Å². The van der Waals surface area contributed by atoms with Crippen LogP contribution in [0.25, 0.3) is 33.4 Å². The molecule has 2 bridgehead atoms. The second kappa shape index (κ2) is 16.7. The van der Waals surface area contributed by atoms with Gasteiger partial charge in [0.25, 0.3) is 11.8 Å². The van der Waals surface area contributed by atoms with Gasteiger partial charge in [0.2, 0.25) is 23.6 Å². The van der Waals surface area contributed by atoms with Gasteiger partial charge in [0.1, 0.15) is 6.04 Å². The van der Waals surface area contributed by atoms with Crippen LogP contribution in [-0.2, 0) is 29.6 Å². The molecule has 0 aliphatic carbocycles. The fraction of sp³-hybridized carbons (Fsp3) is 0.422. The number of aromatic nitrogens is 6. The lowest BCUT2D eigenvalue weighted by Gasteiger charge is -2.36. The van der Waals surface area contributed by atoms with Gasteiger partial charge in [-0.2, -0.15) is 5.10 Å². The molecule has 2 fully saturated rings. The summed E-state index contributed by atoms with van der Waals surface area (Å²) in [6.45, 7) is 7.39. The van der Waals surface area contributed by atoms with E-state index in [4.69, 9.17) is 19.1 Å². The van der Waals surface area contributed by atoms with E-state index in [0.717, 1.165) is 62.0 Å². The van der Waals surface area contributed by atoms with Crippen molar-refractivity contribution in [2.45, 2.75) is 77.4 Å². The first kappa shape index (κ1) is 40.8. The van der Waals surface area contributed by atoms with Crippen molar-refractivity contribution >= 4 is 51.7 Å². The third kappa shape index (κ3) is 7.87. The van der Waals surface area contributed by atoms with Crippen molar-refractivity contribution in [1.29, 1.82) is 0 Å². The number of rotatable bonds is 6. The molecule has 3 aliphatic heterocycles. The number of carbonyl (C=O) groups excluding carboxylic acids is 4. The van der Waals surface area contributed by atoms with Crippen molar-refractivity contribution in [3.63, 3.8) is 0 Å². The van der Waals surface area contributed by atoms with E-state index in [1.54, 1.807) is 29.1 Å². The zero-order chi connectivity index (χ0) is 43.2. The molecule has 4 amide bonds. The van der Waals surface area contributed by atoms with Crippen molar-refractivity contribution < 1.29 is 28.3 Å². The van der Waals surface area contributed by atoms with Crippen molar-refractivity contribution in [3.8, 4) is 17.1 Å². The lowest BCUT2D eigenvalue weighted by atomic mass is 10.0. The highest BCUT2D eigenvalue weighted by atomic mass is 16.5. The van der Waals surface area contributed by atoms with Gasteiger partial charge in [-0.05, 0) is 93.3 Å². The Bertz CT molecular complexity index is 2790. The number of pyridine rings is 1. The summed E-state index contributed by atoms with van der Waals surface area (Å²) in [5.41, 5.74) is 6.29. The van der Waals surface area contributed by atoms with E-state index in [9.17, 15) is 24.0 Å². The monoisotopic (exact) mass is 842 g/mol. The summed E-state index contributed by atoms with van der Waals surface area (Å²) in [4.78, 5) is 79.0. The highest BCUT2D eigenvalue weighted by molar-refractivity contribution is 6.05. The molecule has 9 rings (SSSR count). The molecule has 6 aromatic rings. The Labute approximate surface area is 357 Å². The molecule has 3 aliphatic rings. The summed E-state index contributed by atoms with van der Waals surface area (Å²) in [7, 11) is 3.69. The van der Waals surface area contributed by atoms with Gasteiger partial charge in [-0.25, -0.2) is 14.5 Å². The lowest BCUT2D eigenvalue weighted by Crippen LogP contribution is -2.46. The number of ether oxygens (including phenoxy) is 1. The number of para-hydroxylation sites is 1. The van der Waals surface area contributed by atoms with Crippen LogP contribution in [0.3, 0.4) is 0 Å². The average Bonchev–Trinajstić information content (AvgIpc) is 3.91. The van der Waals surface area contributed by atoms with Gasteiger partial charge in [-0.1, -0.05) is 19.1 Å². The zero-order valence-corrected chi connectivity index (χ0v) is 35.3. The van der Waals surface area contributed by atoms with Crippen molar-refractivity contribution in [1.82, 2.24) is 44.0 Å². The van der Waals surface area contributed by atoms with E-state index in [2.05, 4.69) is 27.6 Å². The predicted octanol–water partition coefficient (Wildman–Crippen LogP) is 4.87. The molecule has 17 heteroatoms. The number of carbonyl (C=O) groups is 4. The second-order valence-electron chi connectivity index (χ2n) is 16.9. The molecule has 0 radical (unpaired) electrons. The Balaban J connectivity index is 0.882. The van der Waals surface area contributed by atoms with Crippen molar-refractivity contribution in [2.24, 2.45) is 13.0 Å². The largest absolute Gasteiger partial charge is 0.477 e. The molecule has 322 valence electrons. The Morgan fingerprint density at radius 1 is 0.968 bits per heavy atom. The normalized spacial score (nSPS) is 19.3. The number of hydrogen-bond acceptors (Lipinski definition) is 11. The summed E-state index contributed by atoms with van der Waals surface area (Å²) >= 11 is 0. The number of aryl methyl sites for hydroxylation is 2. The van der Waals surface area contributed by atoms with Gasteiger partial charge in [-0.3, -0.25) is 39.4 Å². The van der Waals surface area contributed by atoms with Crippen LogP contribution in [0.2, 0.25) is 0 Å². The number of amides is 4. The first-order valence-electron chi connectivity index (χ1n) is 21.3. The zero-order valence-electron chi connectivity index (χ0n) is 35.3. The molecule has 7 heterocycles. The lowest BCUT2D eigenvalue weighted by molar-refractivity contribution is -0.135. The molecule has 62 heavy (non-hydrogen) atoms. The molecule has 2 atom stereocenters. The van der Waals surface area contributed by atoms with E-state index in [1.165, 1.54) is 4.57 Å². The molecule has 0 saturated carbocycles. The van der Waals surface area contributed by atoms with Crippen LogP contribution in [0.1, 0.15) is 83.5 Å². The predicted molar refractivity (Wildman–Crippen MR) is 230 cm³/mol. The number of imidazole rings is 1. The molecule has 17 nitrogen and oxygen atoms in total. The SMILES string of the molecule is Cc1cc2cc(n1)-c1cnn(C)c1OCCC[C@@H](C)Cn1c(nc3ccc(C(=O)N(C)C4CCN(CCc5cccc6c5oc(=O)n6C5CCC(=O)NC5=O)CC4)cc31)NC2=O. The Morgan fingerprint density at radius 2 is 1.79 bits per heavy atom. The standard InChI is InChI=1S/C45H50N10O7/c1-26-7-6-20-61-43-32(24-46-52(43)4)34-22-30(21-27(2)47-34)40(57)50-44-48-33-11-10-29(23-37(33)54(44)25-26)42(59)51(3)31-15-18-53(19-16-31)17-14-28-8-5-9-35-39(28)62-45(60)55(35)36-12-13-38(56)49-41(36)58/h5,8-11,21-24,26,31,36H,6-7,12-20,25H2,1-4H3,(H,48,50,57)(H,49,56,58)/t26-,36?/m1/s1. The van der Waals surface area contributed by atoms with Gasteiger partial charge < -0.3 is 23.5 Å². The fourth-order valence-corrected chi connectivity index (χ4v) is 9.14. The van der Waals surface area contributed by atoms with Crippen LogP contribution in [-0.4, -0.2) is 102 Å². The number of hydrogen-bond donors (Lipinski definition) is 2. The van der Waals surface area contributed by atoms with Gasteiger partial charge in [0, 0.05) is 69.6 Å². The number of oxazole rings is 1. The first-order chi connectivity index (χ1) is 29.9. The van der Waals surface area contributed by atoms with Crippen LogP contribution in [0.15, 0.2) is 63.9 Å². The second-order valence-corrected chi connectivity index (χ2v) is 16.9. The van der Waals surface area contributed by atoms with E-state index in [-0.39, 0.29) is 42.5 Å². The van der Waals surface area contributed by atoms with E-state index in [0.29, 0.717) is 70.5 Å². The average molecular weight is 843 g/mol. The molecular weight excluding hydrogens is 793 g/mol. The Kier molecular flexibility index (Phi) is 11.0. The molecule has 0 spiro atoms. The number of imide groups is 1. The summed E-state index contributed by atoms with van der Waals surface area (Å²) in [5.74, 6) is -0.638. The number of likely N-dealkylation sites (tertiary alicyclic amines) is 1. The van der Waals surface area contributed by atoms with Crippen molar-refractivity contribution in [3.05, 3.63) is 87.7 Å². The number of anilines is 1. The maximum absolute atomic E-state index is 14.1. The van der Waals surface area contributed by atoms with Crippen LogP contribution >= 0.6 is 0 Å². The Hall–Kier alpha value is -6.62. The summed E-state index contributed by atoms with van der Waals surface area (Å²) in [5, 5.41) is 9.79. The van der Waals surface area contributed by atoms with Gasteiger partial charge in [0.15, 0.2) is 5.58 Å². The third-order valence-electron chi connectivity index (χ3n) is 12.5. The van der Waals surface area contributed by atoms with E-state index in [1.807, 2.05) is 60.8 Å². The minimum Gasteiger partial charge on any atom is -0.477 e. The quantitative estimate of drug-likeness (QED) is 0.218. The van der Waals surface area contributed by atoms with Gasteiger partial charge in [0.05, 0.1) is 40.6 Å². The molecule has 2 saturated heterocycles. The van der Waals surface area contributed by atoms with Crippen molar-refractivity contribution in [2.75, 3.05) is 38.6 Å². The highest BCUT2D eigenvalue weighted by Gasteiger charge is 2.32. The molecule has 2 aromatic carbocycles. The fourth-order valence-electron chi connectivity index (χ4n) is 9.14.